The Morgan fingerprint density at radius 2 is 1.67 bits per heavy atom. The Kier molecular flexibility index (Phi) is 5.94. The van der Waals surface area contributed by atoms with Crippen LogP contribution in [0.3, 0.4) is 0 Å². The molecule has 0 heterocycles. The van der Waals surface area contributed by atoms with Crippen LogP contribution in [0, 0.1) is 18.8 Å². The Hall–Kier alpha value is -2.62. The van der Waals surface area contributed by atoms with E-state index in [0.29, 0.717) is 12.3 Å². The van der Waals surface area contributed by atoms with Gasteiger partial charge in [0.05, 0.1) is 6.42 Å². The van der Waals surface area contributed by atoms with E-state index in [0.717, 1.165) is 41.8 Å². The molecular weight excluding hydrogens is 336 g/mol. The lowest BCUT2D eigenvalue weighted by Crippen LogP contribution is -2.16. The Bertz CT molecular complexity index is 821. The lowest BCUT2D eigenvalue weighted by Gasteiger charge is -2.12. The molecule has 0 unspecified atom stereocenters. The minimum absolute atomic E-state index is 0.0552. The van der Waals surface area contributed by atoms with Gasteiger partial charge in [0, 0.05) is 17.3 Å². The Morgan fingerprint density at radius 1 is 1.00 bits per heavy atom. The molecule has 0 atom stereocenters. The third-order valence-corrected chi connectivity index (χ3v) is 4.76. The number of rotatable bonds is 7. The highest BCUT2D eigenvalue weighted by Crippen LogP contribution is 2.30. The van der Waals surface area contributed by atoms with Crippen LogP contribution in [0.15, 0.2) is 42.5 Å². The third kappa shape index (κ3) is 5.68. The Morgan fingerprint density at radius 3 is 2.30 bits per heavy atom. The largest absolute Gasteiger partial charge is 0.326 e. The highest BCUT2D eigenvalue weighted by Gasteiger charge is 2.29. The van der Waals surface area contributed by atoms with E-state index in [9.17, 15) is 9.59 Å². The van der Waals surface area contributed by atoms with Crippen LogP contribution in [0.5, 0.6) is 0 Å². The van der Waals surface area contributed by atoms with Gasteiger partial charge in [0.25, 0.3) is 0 Å². The molecule has 27 heavy (non-hydrogen) atoms. The molecule has 3 rings (SSSR count). The van der Waals surface area contributed by atoms with E-state index in [1.807, 2.05) is 37.3 Å². The third-order valence-electron chi connectivity index (χ3n) is 4.76. The average molecular weight is 364 g/mol. The molecule has 2 aromatic carbocycles. The van der Waals surface area contributed by atoms with Gasteiger partial charge in [0.2, 0.25) is 11.8 Å². The molecule has 1 aliphatic carbocycles. The summed E-state index contributed by atoms with van der Waals surface area (Å²) in [6, 6.07) is 13.9. The maximum atomic E-state index is 12.5. The number of benzene rings is 2. The van der Waals surface area contributed by atoms with Crippen LogP contribution in [0.1, 0.15) is 43.4 Å². The van der Waals surface area contributed by atoms with Crippen LogP contribution in [0.25, 0.3) is 0 Å². The zero-order valence-electron chi connectivity index (χ0n) is 16.3. The van der Waals surface area contributed by atoms with Crippen LogP contribution in [-0.4, -0.2) is 11.8 Å². The summed E-state index contributed by atoms with van der Waals surface area (Å²) in [6.07, 6.45) is 3.32. The molecule has 0 aliphatic heterocycles. The number of aryl methyl sites for hydroxylation is 1. The smallest absolute Gasteiger partial charge is 0.228 e. The standard InChI is InChI=1S/C23H28N2O2/c1-15(2)12-17-5-7-18(8-6-17)13-22(26)25-21-14-20(11-4-16(21)3)24-23(27)19-9-10-19/h4-8,11,14-15,19H,9-10,12-13H2,1-3H3,(H,24,27)(H,25,26). The summed E-state index contributed by atoms with van der Waals surface area (Å²) in [4.78, 5) is 24.4. The second kappa shape index (κ2) is 8.38. The molecule has 1 saturated carbocycles. The number of carbonyl (C=O) groups is 2. The van der Waals surface area contributed by atoms with Crippen molar-refractivity contribution in [3.63, 3.8) is 0 Å². The SMILES string of the molecule is Cc1ccc(NC(=O)C2CC2)cc1NC(=O)Cc1ccc(CC(C)C)cc1. The normalized spacial score (nSPS) is 13.5. The van der Waals surface area contributed by atoms with Crippen LogP contribution < -0.4 is 10.6 Å². The van der Waals surface area contributed by atoms with E-state index in [-0.39, 0.29) is 17.7 Å². The van der Waals surface area contributed by atoms with Crippen molar-refractivity contribution in [2.75, 3.05) is 10.6 Å². The zero-order valence-corrected chi connectivity index (χ0v) is 16.3. The van der Waals surface area contributed by atoms with Crippen LogP contribution >= 0.6 is 0 Å². The molecule has 4 heteroatoms. The van der Waals surface area contributed by atoms with E-state index in [4.69, 9.17) is 0 Å². The van der Waals surface area contributed by atoms with Gasteiger partial charge in [-0.05, 0) is 60.9 Å². The molecule has 2 amide bonds. The summed E-state index contributed by atoms with van der Waals surface area (Å²) in [5.41, 5.74) is 4.73. The molecule has 142 valence electrons. The molecular formula is C23H28N2O2. The maximum absolute atomic E-state index is 12.5. The first-order chi connectivity index (χ1) is 12.9. The Labute approximate surface area is 161 Å². The van der Waals surface area contributed by atoms with Gasteiger partial charge in [-0.3, -0.25) is 9.59 Å². The summed E-state index contributed by atoms with van der Waals surface area (Å²) in [6.45, 7) is 6.35. The first-order valence-electron chi connectivity index (χ1n) is 9.70. The minimum Gasteiger partial charge on any atom is -0.326 e. The lowest BCUT2D eigenvalue weighted by molar-refractivity contribution is -0.117. The summed E-state index contributed by atoms with van der Waals surface area (Å²) in [7, 11) is 0. The summed E-state index contributed by atoms with van der Waals surface area (Å²) < 4.78 is 0. The summed E-state index contributed by atoms with van der Waals surface area (Å²) in [5, 5.41) is 5.90. The van der Waals surface area contributed by atoms with Crippen molar-refractivity contribution in [2.24, 2.45) is 11.8 Å². The monoisotopic (exact) mass is 364 g/mol. The van der Waals surface area contributed by atoms with Crippen molar-refractivity contribution in [3.05, 3.63) is 59.2 Å². The molecule has 2 aromatic rings. The first-order valence-corrected chi connectivity index (χ1v) is 9.70. The van der Waals surface area contributed by atoms with Gasteiger partial charge in [-0.15, -0.1) is 0 Å². The van der Waals surface area contributed by atoms with E-state index in [1.54, 1.807) is 0 Å². The fourth-order valence-electron chi connectivity index (χ4n) is 3.07. The zero-order chi connectivity index (χ0) is 19.4. The van der Waals surface area contributed by atoms with Crippen LogP contribution in [0.2, 0.25) is 0 Å². The van der Waals surface area contributed by atoms with Gasteiger partial charge in [-0.25, -0.2) is 0 Å². The molecule has 4 nitrogen and oxygen atoms in total. The van der Waals surface area contributed by atoms with E-state index in [1.165, 1.54) is 5.56 Å². The van der Waals surface area contributed by atoms with Crippen LogP contribution in [-0.2, 0) is 22.4 Å². The summed E-state index contributed by atoms with van der Waals surface area (Å²) >= 11 is 0. The molecule has 0 spiro atoms. The van der Waals surface area contributed by atoms with Crippen molar-refractivity contribution < 1.29 is 9.59 Å². The van der Waals surface area contributed by atoms with Gasteiger partial charge < -0.3 is 10.6 Å². The van der Waals surface area contributed by atoms with Crippen molar-refractivity contribution in [1.29, 1.82) is 0 Å². The Balaban J connectivity index is 1.60. The molecule has 0 bridgehead atoms. The van der Waals surface area contributed by atoms with E-state index >= 15 is 0 Å². The lowest BCUT2D eigenvalue weighted by atomic mass is 10.0. The van der Waals surface area contributed by atoms with Crippen molar-refractivity contribution in [1.82, 2.24) is 0 Å². The van der Waals surface area contributed by atoms with Gasteiger partial charge in [0.1, 0.15) is 0 Å². The topological polar surface area (TPSA) is 58.2 Å². The molecule has 0 aromatic heterocycles. The molecule has 0 radical (unpaired) electrons. The number of hydrogen-bond acceptors (Lipinski definition) is 2. The van der Waals surface area contributed by atoms with Crippen molar-refractivity contribution in [2.45, 2.75) is 46.5 Å². The predicted molar refractivity (Wildman–Crippen MR) is 110 cm³/mol. The van der Waals surface area contributed by atoms with E-state index < -0.39 is 0 Å². The molecule has 1 fully saturated rings. The molecule has 0 saturated heterocycles. The van der Waals surface area contributed by atoms with Gasteiger partial charge in [-0.1, -0.05) is 44.2 Å². The first kappa shape index (κ1) is 19.2. The number of hydrogen-bond donors (Lipinski definition) is 2. The van der Waals surface area contributed by atoms with Gasteiger partial charge in [-0.2, -0.15) is 0 Å². The number of carbonyl (C=O) groups excluding carboxylic acids is 2. The maximum Gasteiger partial charge on any atom is 0.228 e. The van der Waals surface area contributed by atoms with Crippen LogP contribution in [0.4, 0.5) is 11.4 Å². The number of anilines is 2. The predicted octanol–water partition coefficient (Wildman–Crippen LogP) is 4.72. The second-order valence-electron chi connectivity index (χ2n) is 7.93. The van der Waals surface area contributed by atoms with E-state index in [2.05, 4.69) is 36.6 Å². The fraction of sp³-hybridized carbons (Fsp3) is 0.391. The average Bonchev–Trinajstić information content (AvgIpc) is 3.44. The molecule has 1 aliphatic rings. The van der Waals surface area contributed by atoms with Crippen molar-refractivity contribution >= 4 is 23.2 Å². The van der Waals surface area contributed by atoms with Crippen molar-refractivity contribution in [3.8, 4) is 0 Å². The number of nitrogens with one attached hydrogen (secondary N) is 2. The number of amides is 2. The van der Waals surface area contributed by atoms with Gasteiger partial charge >= 0.3 is 0 Å². The van der Waals surface area contributed by atoms with Gasteiger partial charge in [0.15, 0.2) is 0 Å². The highest BCUT2D eigenvalue weighted by molar-refractivity contribution is 5.96. The second-order valence-corrected chi connectivity index (χ2v) is 7.93. The summed E-state index contributed by atoms with van der Waals surface area (Å²) in [5.74, 6) is 0.788. The minimum atomic E-state index is -0.0552. The molecule has 2 N–H and O–H groups in total. The fourth-order valence-corrected chi connectivity index (χ4v) is 3.07. The quantitative estimate of drug-likeness (QED) is 0.747. The highest BCUT2D eigenvalue weighted by atomic mass is 16.2.